The molecule has 0 saturated carbocycles. The Morgan fingerprint density at radius 1 is 1.12 bits per heavy atom. The van der Waals surface area contributed by atoms with Crippen LogP contribution in [-0.4, -0.2) is 5.78 Å². The molecule has 0 aromatic heterocycles. The van der Waals surface area contributed by atoms with Gasteiger partial charge in [-0.15, -0.1) is 5.92 Å². The Labute approximate surface area is 194 Å². The molecule has 0 aliphatic carbocycles. The zero-order chi connectivity index (χ0) is 22.5. The average Bonchev–Trinajstić information content (AvgIpc) is 3.21. The minimum atomic E-state index is -0.0724. The number of fused-ring (bicyclic) bond motifs is 1. The molecule has 1 aliphatic heterocycles. The van der Waals surface area contributed by atoms with E-state index in [2.05, 4.69) is 17.9 Å². The maximum absolute atomic E-state index is 11.5. The fourth-order valence-corrected chi connectivity index (χ4v) is 4.06. The number of ketones is 1. The van der Waals surface area contributed by atoms with Crippen molar-refractivity contribution in [2.24, 2.45) is 0 Å². The maximum Gasteiger partial charge on any atom is 0.131 e. The van der Waals surface area contributed by atoms with Crippen molar-refractivity contribution >= 4 is 17.4 Å². The molecule has 4 rings (SSSR count). The molecule has 0 N–H and O–H groups in total. The number of rotatable bonds is 7. The number of Topliss-reactive ketones (excluding diaryl/α,β-unsaturated/α-hetero) is 1. The summed E-state index contributed by atoms with van der Waals surface area (Å²) < 4.78 is 12.1. The van der Waals surface area contributed by atoms with E-state index in [1.165, 1.54) is 5.56 Å². The lowest BCUT2D eigenvalue weighted by molar-refractivity contribution is -0.117. The van der Waals surface area contributed by atoms with Crippen LogP contribution in [0.1, 0.15) is 54.5 Å². The van der Waals surface area contributed by atoms with Crippen LogP contribution >= 0.6 is 11.6 Å². The molecule has 0 spiro atoms. The van der Waals surface area contributed by atoms with E-state index in [1.54, 1.807) is 13.8 Å². The first-order chi connectivity index (χ1) is 15.5. The van der Waals surface area contributed by atoms with Crippen molar-refractivity contribution in [2.45, 2.75) is 45.3 Å². The van der Waals surface area contributed by atoms with E-state index in [4.69, 9.17) is 21.1 Å². The molecule has 3 nitrogen and oxygen atoms in total. The van der Waals surface area contributed by atoms with Crippen molar-refractivity contribution in [1.82, 2.24) is 0 Å². The van der Waals surface area contributed by atoms with Gasteiger partial charge >= 0.3 is 0 Å². The molecule has 0 saturated heterocycles. The largest absolute Gasteiger partial charge is 0.489 e. The van der Waals surface area contributed by atoms with Crippen LogP contribution in [0.5, 0.6) is 11.5 Å². The number of benzene rings is 3. The Morgan fingerprint density at radius 2 is 1.88 bits per heavy atom. The first kappa shape index (κ1) is 22.0. The van der Waals surface area contributed by atoms with E-state index in [0.717, 1.165) is 39.6 Å². The highest BCUT2D eigenvalue weighted by Crippen LogP contribution is 2.37. The predicted octanol–water partition coefficient (Wildman–Crippen LogP) is 6.68. The SMILES string of the molecule is CC#CC(CC(C)=O)c1ccc(OCc2ccc3c(c2)CC(c2ccc(Cl)cc2)O3)cc1. The highest BCUT2D eigenvalue weighted by molar-refractivity contribution is 6.30. The highest BCUT2D eigenvalue weighted by Gasteiger charge is 2.24. The second-order valence-corrected chi connectivity index (χ2v) is 8.45. The number of halogens is 1. The molecular formula is C28H25ClO3. The molecule has 0 amide bonds. The van der Waals surface area contributed by atoms with Gasteiger partial charge in [0.15, 0.2) is 0 Å². The minimum absolute atomic E-state index is 0.0140. The monoisotopic (exact) mass is 444 g/mol. The van der Waals surface area contributed by atoms with Gasteiger partial charge in [0, 0.05) is 17.9 Å². The van der Waals surface area contributed by atoms with Crippen molar-refractivity contribution < 1.29 is 14.3 Å². The summed E-state index contributed by atoms with van der Waals surface area (Å²) in [5, 5.41) is 0.726. The highest BCUT2D eigenvalue weighted by atomic mass is 35.5. The summed E-state index contributed by atoms with van der Waals surface area (Å²) >= 11 is 6.00. The Morgan fingerprint density at radius 3 is 2.56 bits per heavy atom. The first-order valence-electron chi connectivity index (χ1n) is 10.7. The minimum Gasteiger partial charge on any atom is -0.489 e. The van der Waals surface area contributed by atoms with Gasteiger partial charge in [-0.3, -0.25) is 4.79 Å². The summed E-state index contributed by atoms with van der Waals surface area (Å²) in [6.45, 7) is 3.87. The zero-order valence-electron chi connectivity index (χ0n) is 18.2. The quantitative estimate of drug-likeness (QED) is 0.381. The molecule has 1 heterocycles. The lowest BCUT2D eigenvalue weighted by atomic mass is 9.94. The Kier molecular flexibility index (Phi) is 6.83. The third-order valence-corrected chi connectivity index (χ3v) is 5.79. The van der Waals surface area contributed by atoms with Gasteiger partial charge in [0.25, 0.3) is 0 Å². The molecule has 0 fully saturated rings. The Bertz CT molecular complexity index is 1150. The van der Waals surface area contributed by atoms with Crippen molar-refractivity contribution in [3.63, 3.8) is 0 Å². The number of carbonyl (C=O) groups excluding carboxylic acids is 1. The molecule has 0 bridgehead atoms. The van der Waals surface area contributed by atoms with Gasteiger partial charge in [-0.2, -0.15) is 0 Å². The Balaban J connectivity index is 1.38. The summed E-state index contributed by atoms with van der Waals surface area (Å²) in [7, 11) is 0. The second-order valence-electron chi connectivity index (χ2n) is 8.02. The van der Waals surface area contributed by atoms with Gasteiger partial charge in [0.2, 0.25) is 0 Å². The van der Waals surface area contributed by atoms with Gasteiger partial charge in [-0.25, -0.2) is 0 Å². The summed E-state index contributed by atoms with van der Waals surface area (Å²) in [4.78, 5) is 11.5. The van der Waals surface area contributed by atoms with Gasteiger partial charge in [-0.1, -0.05) is 47.9 Å². The van der Waals surface area contributed by atoms with Crippen molar-refractivity contribution in [1.29, 1.82) is 0 Å². The van der Waals surface area contributed by atoms with Gasteiger partial charge in [0.05, 0.1) is 5.92 Å². The van der Waals surface area contributed by atoms with E-state index in [9.17, 15) is 4.79 Å². The van der Waals surface area contributed by atoms with Gasteiger partial charge in [0.1, 0.15) is 30.0 Å². The van der Waals surface area contributed by atoms with Gasteiger partial charge < -0.3 is 9.47 Å². The van der Waals surface area contributed by atoms with Gasteiger partial charge in [-0.05, 0) is 72.5 Å². The lowest BCUT2D eigenvalue weighted by Gasteiger charge is -2.11. The summed E-state index contributed by atoms with van der Waals surface area (Å²) in [6, 6.07) is 21.9. The van der Waals surface area contributed by atoms with Crippen molar-refractivity contribution in [2.75, 3.05) is 0 Å². The zero-order valence-corrected chi connectivity index (χ0v) is 19.0. The number of ether oxygens (including phenoxy) is 2. The fraction of sp³-hybridized carbons (Fsp3) is 0.250. The fourth-order valence-electron chi connectivity index (χ4n) is 3.93. The van der Waals surface area contributed by atoms with Crippen LogP contribution in [0, 0.1) is 11.8 Å². The molecule has 1 aliphatic rings. The number of carbonyl (C=O) groups is 1. The van der Waals surface area contributed by atoms with E-state index in [-0.39, 0.29) is 17.8 Å². The third-order valence-electron chi connectivity index (χ3n) is 5.54. The van der Waals surface area contributed by atoms with E-state index >= 15 is 0 Å². The van der Waals surface area contributed by atoms with Crippen LogP contribution in [-0.2, 0) is 17.8 Å². The van der Waals surface area contributed by atoms with Crippen molar-refractivity contribution in [3.8, 4) is 23.3 Å². The number of hydrogen-bond acceptors (Lipinski definition) is 3. The number of hydrogen-bond donors (Lipinski definition) is 0. The van der Waals surface area contributed by atoms with E-state index in [1.807, 2.05) is 60.7 Å². The summed E-state index contributed by atoms with van der Waals surface area (Å²) in [5.41, 5.74) is 4.44. The average molecular weight is 445 g/mol. The lowest BCUT2D eigenvalue weighted by Crippen LogP contribution is -2.02. The normalized spacial score (nSPS) is 15.2. The summed E-state index contributed by atoms with van der Waals surface area (Å²) in [5.74, 6) is 7.81. The van der Waals surface area contributed by atoms with Crippen LogP contribution in [0.4, 0.5) is 0 Å². The molecule has 162 valence electrons. The van der Waals surface area contributed by atoms with Crippen LogP contribution in [0.25, 0.3) is 0 Å². The standard InChI is InChI=1S/C28H25ClO3/c1-3-4-23(15-19(2)30)21-8-12-26(13-9-21)31-18-20-5-14-27-24(16-20)17-28(32-27)22-6-10-25(29)11-7-22/h5-14,16,23,28H,15,17-18H2,1-2H3. The maximum atomic E-state index is 11.5. The first-order valence-corrected chi connectivity index (χ1v) is 11.1. The predicted molar refractivity (Wildman–Crippen MR) is 127 cm³/mol. The van der Waals surface area contributed by atoms with Crippen molar-refractivity contribution in [3.05, 3.63) is 94.0 Å². The molecule has 32 heavy (non-hydrogen) atoms. The van der Waals surface area contributed by atoms with Crippen LogP contribution in [0.3, 0.4) is 0 Å². The molecule has 3 aromatic carbocycles. The molecule has 2 atom stereocenters. The smallest absolute Gasteiger partial charge is 0.131 e. The molecule has 2 unspecified atom stereocenters. The second kappa shape index (κ2) is 9.94. The molecule has 4 heteroatoms. The van der Waals surface area contributed by atoms with Crippen LogP contribution in [0.2, 0.25) is 5.02 Å². The third kappa shape index (κ3) is 5.33. The Hall–Kier alpha value is -3.22. The molecule has 3 aromatic rings. The molecular weight excluding hydrogens is 420 g/mol. The molecule has 0 radical (unpaired) electrons. The van der Waals surface area contributed by atoms with Crippen LogP contribution < -0.4 is 9.47 Å². The van der Waals surface area contributed by atoms with E-state index in [0.29, 0.717) is 13.0 Å². The van der Waals surface area contributed by atoms with E-state index < -0.39 is 0 Å². The topological polar surface area (TPSA) is 35.5 Å². The van der Waals surface area contributed by atoms with Crippen LogP contribution in [0.15, 0.2) is 66.7 Å². The summed E-state index contributed by atoms with van der Waals surface area (Å²) in [6.07, 6.45) is 1.27.